The number of aromatic amines is 1. The van der Waals surface area contributed by atoms with Crippen molar-refractivity contribution in [3.63, 3.8) is 0 Å². The number of rotatable bonds is 3. The fourth-order valence-corrected chi connectivity index (χ4v) is 1.57. The van der Waals surface area contributed by atoms with Gasteiger partial charge in [-0.15, -0.1) is 0 Å². The smallest absolute Gasteiger partial charge is 0.169 e. The number of halogens is 1. The summed E-state index contributed by atoms with van der Waals surface area (Å²) in [5.74, 6) is 1.62. The van der Waals surface area contributed by atoms with Gasteiger partial charge in [0.1, 0.15) is 11.6 Å². The number of aromatic nitrogens is 2. The summed E-state index contributed by atoms with van der Waals surface area (Å²) in [6, 6.07) is 3.53. The second-order valence-corrected chi connectivity index (χ2v) is 3.77. The molecule has 2 heterocycles. The van der Waals surface area contributed by atoms with Crippen molar-refractivity contribution in [2.45, 2.75) is 12.5 Å². The first kappa shape index (κ1) is 9.48. The van der Waals surface area contributed by atoms with Gasteiger partial charge < -0.3 is 15.1 Å². The minimum atomic E-state index is -0.160. The minimum Gasteiger partial charge on any atom is -0.453 e. The number of H-pyrrole nitrogens is 1. The molecule has 0 bridgehead atoms. The van der Waals surface area contributed by atoms with Gasteiger partial charge in [0.2, 0.25) is 0 Å². The first-order chi connectivity index (χ1) is 6.75. The van der Waals surface area contributed by atoms with Crippen LogP contribution in [0.1, 0.15) is 17.6 Å². The van der Waals surface area contributed by atoms with Gasteiger partial charge in [-0.05, 0) is 28.1 Å². The molecule has 0 radical (unpaired) electrons. The number of hydrogen-bond donors (Lipinski definition) is 2. The van der Waals surface area contributed by atoms with Crippen LogP contribution < -0.4 is 5.73 Å². The van der Waals surface area contributed by atoms with E-state index in [2.05, 4.69) is 25.9 Å². The molecular formula is C9H10BrN3O. The van der Waals surface area contributed by atoms with Gasteiger partial charge >= 0.3 is 0 Å². The Balaban J connectivity index is 2.06. The summed E-state index contributed by atoms with van der Waals surface area (Å²) in [7, 11) is 0. The lowest BCUT2D eigenvalue weighted by molar-refractivity contribution is 0.445. The molecule has 1 atom stereocenters. The van der Waals surface area contributed by atoms with E-state index in [4.69, 9.17) is 10.2 Å². The lowest BCUT2D eigenvalue weighted by Gasteiger charge is -2.05. The van der Waals surface area contributed by atoms with Crippen LogP contribution in [0.15, 0.2) is 33.6 Å². The molecule has 74 valence electrons. The maximum Gasteiger partial charge on any atom is 0.169 e. The molecular weight excluding hydrogens is 246 g/mol. The summed E-state index contributed by atoms with van der Waals surface area (Å²) in [6.07, 6.45) is 4.13. The SMILES string of the molecule is NC(Cc1ncc[nH]1)c1ccc(Br)o1. The van der Waals surface area contributed by atoms with E-state index in [-0.39, 0.29) is 6.04 Å². The van der Waals surface area contributed by atoms with Crippen LogP contribution in [0.25, 0.3) is 0 Å². The van der Waals surface area contributed by atoms with Gasteiger partial charge in [0.15, 0.2) is 4.67 Å². The summed E-state index contributed by atoms with van der Waals surface area (Å²) in [4.78, 5) is 7.10. The highest BCUT2D eigenvalue weighted by atomic mass is 79.9. The van der Waals surface area contributed by atoms with E-state index in [9.17, 15) is 0 Å². The van der Waals surface area contributed by atoms with E-state index in [0.29, 0.717) is 11.1 Å². The molecule has 14 heavy (non-hydrogen) atoms. The Morgan fingerprint density at radius 2 is 2.43 bits per heavy atom. The number of nitrogens with zero attached hydrogens (tertiary/aromatic N) is 1. The highest BCUT2D eigenvalue weighted by Crippen LogP contribution is 2.20. The summed E-state index contributed by atoms with van der Waals surface area (Å²) < 4.78 is 6.04. The first-order valence-electron chi connectivity index (χ1n) is 4.25. The van der Waals surface area contributed by atoms with Crippen molar-refractivity contribution in [1.29, 1.82) is 0 Å². The van der Waals surface area contributed by atoms with Crippen LogP contribution in [0.2, 0.25) is 0 Å². The standard InChI is InChI=1S/C9H10BrN3O/c10-8-2-1-7(14-8)6(11)5-9-12-3-4-13-9/h1-4,6H,5,11H2,(H,12,13). The molecule has 2 rings (SSSR count). The zero-order valence-corrected chi connectivity index (χ0v) is 8.99. The molecule has 1 unspecified atom stereocenters. The minimum absolute atomic E-state index is 0.160. The molecule has 0 fully saturated rings. The van der Waals surface area contributed by atoms with Crippen molar-refractivity contribution in [3.05, 3.63) is 40.8 Å². The predicted octanol–water partition coefficient (Wildman–Crippen LogP) is 2.01. The Labute approximate surface area is 89.6 Å². The number of nitrogens with two attached hydrogens (primary N) is 1. The zero-order valence-electron chi connectivity index (χ0n) is 7.40. The van der Waals surface area contributed by atoms with E-state index >= 15 is 0 Å². The van der Waals surface area contributed by atoms with Crippen molar-refractivity contribution in [2.75, 3.05) is 0 Å². The molecule has 0 aromatic carbocycles. The number of imidazole rings is 1. The first-order valence-corrected chi connectivity index (χ1v) is 5.04. The summed E-state index contributed by atoms with van der Waals surface area (Å²) in [6.45, 7) is 0. The molecule has 0 aliphatic rings. The Hall–Kier alpha value is -1.07. The van der Waals surface area contributed by atoms with Crippen molar-refractivity contribution in [2.24, 2.45) is 5.73 Å². The van der Waals surface area contributed by atoms with E-state index in [0.717, 1.165) is 11.6 Å². The normalized spacial score (nSPS) is 13.0. The third-order valence-electron chi connectivity index (χ3n) is 1.93. The molecule has 0 aliphatic heterocycles. The van der Waals surface area contributed by atoms with Gasteiger partial charge in [-0.25, -0.2) is 4.98 Å². The van der Waals surface area contributed by atoms with Crippen LogP contribution in [0, 0.1) is 0 Å². The van der Waals surface area contributed by atoms with Crippen LogP contribution in [0.3, 0.4) is 0 Å². The Morgan fingerprint density at radius 3 is 3.00 bits per heavy atom. The van der Waals surface area contributed by atoms with Gasteiger partial charge in [0.05, 0.1) is 6.04 Å². The molecule has 0 saturated heterocycles. The molecule has 3 N–H and O–H groups in total. The van der Waals surface area contributed by atoms with E-state index in [1.165, 1.54) is 0 Å². The van der Waals surface area contributed by atoms with Gasteiger partial charge in [-0.2, -0.15) is 0 Å². The molecule has 5 heteroatoms. The second-order valence-electron chi connectivity index (χ2n) is 2.99. The number of hydrogen-bond acceptors (Lipinski definition) is 3. The predicted molar refractivity (Wildman–Crippen MR) is 55.6 cm³/mol. The average Bonchev–Trinajstić information content (AvgIpc) is 2.75. The Morgan fingerprint density at radius 1 is 1.57 bits per heavy atom. The molecule has 2 aromatic heterocycles. The summed E-state index contributed by atoms with van der Waals surface area (Å²) in [5, 5.41) is 0. The highest BCUT2D eigenvalue weighted by Gasteiger charge is 2.12. The van der Waals surface area contributed by atoms with Gasteiger partial charge in [-0.3, -0.25) is 0 Å². The van der Waals surface area contributed by atoms with Crippen molar-refractivity contribution < 1.29 is 4.42 Å². The summed E-state index contributed by atoms with van der Waals surface area (Å²) >= 11 is 3.23. The lowest BCUT2D eigenvalue weighted by atomic mass is 10.1. The van der Waals surface area contributed by atoms with Crippen LogP contribution in [0.4, 0.5) is 0 Å². The Kier molecular flexibility index (Phi) is 2.69. The van der Waals surface area contributed by atoms with Crippen LogP contribution in [-0.4, -0.2) is 9.97 Å². The number of furan rings is 1. The van der Waals surface area contributed by atoms with E-state index in [1.807, 2.05) is 12.1 Å². The molecule has 4 nitrogen and oxygen atoms in total. The van der Waals surface area contributed by atoms with Crippen molar-refractivity contribution in [1.82, 2.24) is 9.97 Å². The highest BCUT2D eigenvalue weighted by molar-refractivity contribution is 9.10. The molecule has 0 amide bonds. The average molecular weight is 256 g/mol. The van der Waals surface area contributed by atoms with Crippen LogP contribution in [-0.2, 0) is 6.42 Å². The van der Waals surface area contributed by atoms with Crippen molar-refractivity contribution in [3.8, 4) is 0 Å². The molecule has 0 spiro atoms. The third-order valence-corrected chi connectivity index (χ3v) is 2.35. The van der Waals surface area contributed by atoms with Crippen LogP contribution >= 0.6 is 15.9 Å². The van der Waals surface area contributed by atoms with Gasteiger partial charge in [0, 0.05) is 18.8 Å². The third kappa shape index (κ3) is 2.05. The largest absolute Gasteiger partial charge is 0.453 e. The van der Waals surface area contributed by atoms with Gasteiger partial charge in [-0.1, -0.05) is 0 Å². The monoisotopic (exact) mass is 255 g/mol. The van der Waals surface area contributed by atoms with Crippen LogP contribution in [0.5, 0.6) is 0 Å². The molecule has 0 aliphatic carbocycles. The second kappa shape index (κ2) is 3.98. The summed E-state index contributed by atoms with van der Waals surface area (Å²) in [5.41, 5.74) is 5.92. The quantitative estimate of drug-likeness (QED) is 0.882. The Bertz CT molecular complexity index is 396. The maximum atomic E-state index is 5.92. The topological polar surface area (TPSA) is 67.8 Å². The molecule has 0 saturated carbocycles. The lowest BCUT2D eigenvalue weighted by Crippen LogP contribution is -2.13. The fourth-order valence-electron chi connectivity index (χ4n) is 1.25. The maximum absolute atomic E-state index is 5.92. The van der Waals surface area contributed by atoms with E-state index in [1.54, 1.807) is 12.4 Å². The molecule has 2 aromatic rings. The van der Waals surface area contributed by atoms with Gasteiger partial charge in [0.25, 0.3) is 0 Å². The van der Waals surface area contributed by atoms with Crippen molar-refractivity contribution >= 4 is 15.9 Å². The number of nitrogens with one attached hydrogen (secondary N) is 1. The fraction of sp³-hybridized carbons (Fsp3) is 0.222. The zero-order chi connectivity index (χ0) is 9.97. The van der Waals surface area contributed by atoms with E-state index < -0.39 is 0 Å².